The summed E-state index contributed by atoms with van der Waals surface area (Å²) in [4.78, 5) is 18.8. The van der Waals surface area contributed by atoms with Crippen molar-refractivity contribution in [3.05, 3.63) is 90.5 Å². The van der Waals surface area contributed by atoms with Gasteiger partial charge in [-0.2, -0.15) is 4.98 Å². The Morgan fingerprint density at radius 3 is 2.47 bits per heavy atom. The molecule has 34 heavy (non-hydrogen) atoms. The zero-order valence-electron chi connectivity index (χ0n) is 18.2. The third kappa shape index (κ3) is 4.03. The molecule has 1 heterocycles. The van der Waals surface area contributed by atoms with Gasteiger partial charge in [0.05, 0.1) is 17.0 Å². The van der Waals surface area contributed by atoms with Crippen LogP contribution in [0.3, 0.4) is 0 Å². The summed E-state index contributed by atoms with van der Waals surface area (Å²) in [6.07, 6.45) is 5.01. The number of aromatic hydroxyl groups is 1. The van der Waals surface area contributed by atoms with E-state index in [4.69, 9.17) is 4.74 Å². The van der Waals surface area contributed by atoms with Crippen LogP contribution in [0, 0.1) is 17.7 Å². The van der Waals surface area contributed by atoms with Gasteiger partial charge in [-0.15, -0.1) is 0 Å². The standard InChI is InChI=1S/C27H21FN2O4/c1-15-6-11-18(12-20(15)26(32)33)34-27-29-23-13-21(22(28)14-24(23)30-27)17-9-7-16(8-10-17)19-4-2-3-5-25(19)31/h2-15,20,31H,1H3,(H,29,30)(H,32,33). The van der Waals surface area contributed by atoms with Gasteiger partial charge in [-0.3, -0.25) is 4.79 Å². The van der Waals surface area contributed by atoms with Gasteiger partial charge in [0, 0.05) is 17.2 Å². The number of hydrogen-bond donors (Lipinski definition) is 3. The zero-order valence-corrected chi connectivity index (χ0v) is 18.2. The maximum Gasteiger partial charge on any atom is 0.311 e. The van der Waals surface area contributed by atoms with Crippen LogP contribution in [-0.4, -0.2) is 26.2 Å². The van der Waals surface area contributed by atoms with Crippen molar-refractivity contribution >= 4 is 17.0 Å². The number of nitrogens with one attached hydrogen (secondary N) is 1. The van der Waals surface area contributed by atoms with Gasteiger partial charge in [0.2, 0.25) is 0 Å². The number of phenolic OH excluding ortho intramolecular Hbond substituents is 1. The number of aromatic nitrogens is 2. The topological polar surface area (TPSA) is 95.4 Å². The normalized spacial score (nSPS) is 17.5. The lowest BCUT2D eigenvalue weighted by molar-refractivity contribution is -0.141. The number of aromatic amines is 1. The third-order valence-corrected chi connectivity index (χ3v) is 5.93. The van der Waals surface area contributed by atoms with Gasteiger partial charge in [-0.05, 0) is 41.3 Å². The number of carboxylic acid groups (broad SMARTS) is 1. The van der Waals surface area contributed by atoms with Gasteiger partial charge in [-0.1, -0.05) is 55.5 Å². The van der Waals surface area contributed by atoms with E-state index in [1.165, 1.54) is 12.1 Å². The highest BCUT2D eigenvalue weighted by molar-refractivity contribution is 5.83. The third-order valence-electron chi connectivity index (χ3n) is 5.93. The number of rotatable bonds is 5. The van der Waals surface area contributed by atoms with Gasteiger partial charge in [0.15, 0.2) is 0 Å². The molecule has 1 aliphatic carbocycles. The fourth-order valence-electron chi connectivity index (χ4n) is 4.05. The molecule has 5 rings (SSSR count). The Bertz CT molecular complexity index is 1450. The second kappa shape index (κ2) is 8.51. The summed E-state index contributed by atoms with van der Waals surface area (Å²) >= 11 is 0. The lowest BCUT2D eigenvalue weighted by Crippen LogP contribution is -2.21. The first kappa shape index (κ1) is 21.5. The van der Waals surface area contributed by atoms with E-state index in [0.29, 0.717) is 33.5 Å². The number of aliphatic carboxylic acids is 1. The molecule has 7 heteroatoms. The Labute approximate surface area is 194 Å². The molecule has 0 radical (unpaired) electrons. The molecule has 1 aliphatic rings. The average molecular weight is 456 g/mol. The molecule has 0 saturated heterocycles. The minimum Gasteiger partial charge on any atom is -0.507 e. The summed E-state index contributed by atoms with van der Waals surface area (Å²) in [5.74, 6) is -1.63. The number of hydrogen-bond acceptors (Lipinski definition) is 4. The number of ether oxygens (including phenoxy) is 1. The van der Waals surface area contributed by atoms with Crippen molar-refractivity contribution in [3.8, 4) is 34.0 Å². The molecule has 1 aromatic heterocycles. The number of H-pyrrole nitrogens is 1. The molecule has 3 aromatic carbocycles. The summed E-state index contributed by atoms with van der Waals surface area (Å²) in [5.41, 5.74) is 3.54. The molecule has 0 amide bonds. The zero-order chi connectivity index (χ0) is 23.8. The van der Waals surface area contributed by atoms with Crippen LogP contribution < -0.4 is 4.74 Å². The van der Waals surface area contributed by atoms with Crippen LogP contribution in [0.2, 0.25) is 0 Å². The Hall–Kier alpha value is -4.39. The van der Waals surface area contributed by atoms with Crippen molar-refractivity contribution < 1.29 is 24.1 Å². The predicted octanol–water partition coefficient (Wildman–Crippen LogP) is 5.91. The molecule has 2 atom stereocenters. The summed E-state index contributed by atoms with van der Waals surface area (Å²) < 4.78 is 20.7. The van der Waals surface area contributed by atoms with Crippen molar-refractivity contribution in [1.29, 1.82) is 0 Å². The van der Waals surface area contributed by atoms with Crippen molar-refractivity contribution in [2.45, 2.75) is 6.92 Å². The second-order valence-corrected chi connectivity index (χ2v) is 8.24. The Balaban J connectivity index is 1.43. The van der Waals surface area contributed by atoms with Crippen molar-refractivity contribution in [3.63, 3.8) is 0 Å². The number of benzene rings is 3. The highest BCUT2D eigenvalue weighted by Gasteiger charge is 2.25. The van der Waals surface area contributed by atoms with Crippen LogP contribution >= 0.6 is 0 Å². The largest absolute Gasteiger partial charge is 0.507 e. The van der Waals surface area contributed by atoms with Gasteiger partial charge in [0.1, 0.15) is 17.3 Å². The lowest BCUT2D eigenvalue weighted by atomic mass is 9.89. The van der Waals surface area contributed by atoms with Crippen LogP contribution in [0.4, 0.5) is 4.39 Å². The Kier molecular flexibility index (Phi) is 5.37. The monoisotopic (exact) mass is 456 g/mol. The number of phenols is 1. The van der Waals surface area contributed by atoms with Crippen molar-refractivity contribution in [2.75, 3.05) is 0 Å². The molecule has 2 unspecified atom stereocenters. The van der Waals surface area contributed by atoms with Crippen LogP contribution in [0.15, 0.2) is 84.7 Å². The first-order valence-corrected chi connectivity index (χ1v) is 10.8. The fourth-order valence-corrected chi connectivity index (χ4v) is 4.05. The summed E-state index contributed by atoms with van der Waals surface area (Å²) in [6.45, 7) is 1.82. The van der Waals surface area contributed by atoms with Gasteiger partial charge < -0.3 is 19.9 Å². The van der Waals surface area contributed by atoms with E-state index in [2.05, 4.69) is 9.97 Å². The number of carboxylic acids is 1. The number of halogens is 1. The number of imidazole rings is 1. The van der Waals surface area contributed by atoms with Crippen LogP contribution in [0.25, 0.3) is 33.3 Å². The molecule has 0 fully saturated rings. The quantitative estimate of drug-likeness (QED) is 0.347. The van der Waals surface area contributed by atoms with E-state index in [9.17, 15) is 19.4 Å². The maximum atomic E-state index is 14.9. The van der Waals surface area contributed by atoms with E-state index < -0.39 is 17.7 Å². The van der Waals surface area contributed by atoms with E-state index in [-0.39, 0.29) is 17.7 Å². The molecule has 6 nitrogen and oxygen atoms in total. The van der Waals surface area contributed by atoms with Crippen molar-refractivity contribution in [1.82, 2.24) is 9.97 Å². The summed E-state index contributed by atoms with van der Waals surface area (Å²) in [5, 5.41) is 19.4. The molecular weight excluding hydrogens is 435 g/mol. The van der Waals surface area contributed by atoms with Gasteiger partial charge >= 0.3 is 5.97 Å². The molecule has 0 bridgehead atoms. The Morgan fingerprint density at radius 1 is 1.06 bits per heavy atom. The van der Waals surface area contributed by atoms with E-state index in [1.54, 1.807) is 42.5 Å². The van der Waals surface area contributed by atoms with Crippen LogP contribution in [0.1, 0.15) is 6.92 Å². The molecule has 170 valence electrons. The molecule has 3 N–H and O–H groups in total. The van der Waals surface area contributed by atoms with E-state index in [0.717, 1.165) is 5.56 Å². The summed E-state index contributed by atoms with van der Waals surface area (Å²) in [7, 11) is 0. The number of nitrogens with zero attached hydrogens (tertiary/aromatic N) is 1. The number of allylic oxidation sites excluding steroid dienone is 2. The second-order valence-electron chi connectivity index (χ2n) is 8.24. The summed E-state index contributed by atoms with van der Waals surface area (Å²) in [6, 6.07) is 17.4. The minimum absolute atomic E-state index is 0.144. The average Bonchev–Trinajstić information content (AvgIpc) is 3.21. The SMILES string of the molecule is CC1C=CC(Oc2nc3cc(-c4ccc(-c5ccccc5O)cc4)c(F)cc3[nH]2)=CC1C(=O)O. The van der Waals surface area contributed by atoms with Gasteiger partial charge in [-0.25, -0.2) is 4.39 Å². The molecule has 0 aliphatic heterocycles. The van der Waals surface area contributed by atoms with Gasteiger partial charge in [0.25, 0.3) is 6.01 Å². The maximum absolute atomic E-state index is 14.9. The first-order chi connectivity index (χ1) is 16.4. The lowest BCUT2D eigenvalue weighted by Gasteiger charge is -2.18. The van der Waals surface area contributed by atoms with E-state index in [1.807, 2.05) is 31.2 Å². The molecule has 0 saturated carbocycles. The fraction of sp³-hybridized carbons (Fsp3) is 0.111. The smallest absolute Gasteiger partial charge is 0.311 e. The van der Waals surface area contributed by atoms with Crippen molar-refractivity contribution in [2.24, 2.45) is 11.8 Å². The molecule has 0 spiro atoms. The highest BCUT2D eigenvalue weighted by atomic mass is 19.1. The van der Waals surface area contributed by atoms with E-state index >= 15 is 0 Å². The number of para-hydroxylation sites is 1. The predicted molar refractivity (Wildman–Crippen MR) is 127 cm³/mol. The molecular formula is C27H21FN2O4. The van der Waals surface area contributed by atoms with Crippen LogP contribution in [0.5, 0.6) is 11.8 Å². The first-order valence-electron chi connectivity index (χ1n) is 10.8. The Morgan fingerprint density at radius 2 is 1.76 bits per heavy atom. The number of carbonyl (C=O) groups is 1. The number of fused-ring (bicyclic) bond motifs is 1. The highest BCUT2D eigenvalue weighted by Crippen LogP contribution is 2.33. The molecule has 4 aromatic rings. The minimum atomic E-state index is -0.928. The van der Waals surface area contributed by atoms with Crippen LogP contribution in [-0.2, 0) is 4.79 Å².